The molecule has 0 saturated carbocycles. The minimum Gasteiger partial charge on any atom is -0.319 e. The van der Waals surface area contributed by atoms with Crippen LogP contribution in [-0.2, 0) is 11.0 Å². The average Bonchev–Trinajstić information content (AvgIpc) is 2.03. The third-order valence-corrected chi connectivity index (χ3v) is 3.51. The van der Waals surface area contributed by atoms with E-state index in [-0.39, 0.29) is 0 Å². The predicted octanol–water partition coefficient (Wildman–Crippen LogP) is 2.50. The molecule has 1 rings (SSSR count). The van der Waals surface area contributed by atoms with Gasteiger partial charge in [0.1, 0.15) is 7.14 Å². The Kier molecular flexibility index (Phi) is 2.74. The molecule has 0 aliphatic heterocycles. The van der Waals surface area contributed by atoms with Gasteiger partial charge in [0.25, 0.3) is 0 Å². The fourth-order valence-corrected chi connectivity index (χ4v) is 1.96. The highest BCUT2D eigenvalue weighted by molar-refractivity contribution is 7.70. The molecule has 0 spiro atoms. The summed E-state index contributed by atoms with van der Waals surface area (Å²) in [4.78, 5) is 0. The van der Waals surface area contributed by atoms with E-state index in [0.717, 1.165) is 11.7 Å². The van der Waals surface area contributed by atoms with Crippen LogP contribution in [0.15, 0.2) is 24.3 Å². The summed E-state index contributed by atoms with van der Waals surface area (Å²) < 4.78 is 11.6. The maximum Gasteiger partial charge on any atom is 0.109 e. The van der Waals surface area contributed by atoms with Crippen molar-refractivity contribution in [3.05, 3.63) is 29.8 Å². The summed E-state index contributed by atoms with van der Waals surface area (Å²) in [5.74, 6) is 0. The van der Waals surface area contributed by atoms with Crippen molar-refractivity contribution in [1.29, 1.82) is 0 Å². The van der Waals surface area contributed by atoms with E-state index in [9.17, 15) is 4.57 Å². The van der Waals surface area contributed by atoms with E-state index in [0.29, 0.717) is 0 Å². The predicted molar refractivity (Wildman–Crippen MR) is 54.9 cm³/mol. The van der Waals surface area contributed by atoms with Gasteiger partial charge in [-0.25, -0.2) is 0 Å². The van der Waals surface area contributed by atoms with Crippen LogP contribution in [0, 0.1) is 0 Å². The molecule has 0 aliphatic carbocycles. The second-order valence-corrected chi connectivity index (χ2v) is 6.59. The number of aryl methyl sites for hydroxylation is 1. The number of benzene rings is 1. The topological polar surface area (TPSA) is 17.1 Å². The van der Waals surface area contributed by atoms with Crippen LogP contribution in [0.5, 0.6) is 0 Å². The summed E-state index contributed by atoms with van der Waals surface area (Å²) in [7, 11) is -2.05. The highest BCUT2D eigenvalue weighted by Gasteiger charge is 2.09. The number of rotatable bonds is 2. The van der Waals surface area contributed by atoms with Crippen molar-refractivity contribution in [2.75, 3.05) is 13.3 Å². The Morgan fingerprint density at radius 2 is 1.67 bits per heavy atom. The minimum absolute atomic E-state index is 0.972. The summed E-state index contributed by atoms with van der Waals surface area (Å²) in [5, 5.41) is 0.972. The van der Waals surface area contributed by atoms with E-state index in [2.05, 4.69) is 19.1 Å². The molecule has 0 fully saturated rings. The van der Waals surface area contributed by atoms with Crippen molar-refractivity contribution in [3.8, 4) is 0 Å². The maximum atomic E-state index is 11.6. The third-order valence-electron chi connectivity index (χ3n) is 1.97. The SMILES string of the molecule is CCc1ccc(P(C)(C)=O)cc1. The zero-order chi connectivity index (χ0) is 9.19. The van der Waals surface area contributed by atoms with E-state index in [1.54, 1.807) is 13.3 Å². The van der Waals surface area contributed by atoms with E-state index in [4.69, 9.17) is 0 Å². The van der Waals surface area contributed by atoms with Crippen molar-refractivity contribution in [1.82, 2.24) is 0 Å². The molecule has 12 heavy (non-hydrogen) atoms. The minimum atomic E-state index is -2.05. The number of hydrogen-bond acceptors (Lipinski definition) is 1. The molecular formula is C10H15OP. The van der Waals surface area contributed by atoms with Gasteiger partial charge in [0.2, 0.25) is 0 Å². The first-order chi connectivity index (χ1) is 5.54. The van der Waals surface area contributed by atoms with Gasteiger partial charge in [0, 0.05) is 5.30 Å². The molecule has 0 radical (unpaired) electrons. The fraction of sp³-hybridized carbons (Fsp3) is 0.400. The first kappa shape index (κ1) is 9.54. The molecule has 0 saturated heterocycles. The second kappa shape index (κ2) is 3.45. The Morgan fingerprint density at radius 1 is 1.17 bits per heavy atom. The quantitative estimate of drug-likeness (QED) is 0.642. The van der Waals surface area contributed by atoms with Gasteiger partial charge >= 0.3 is 0 Å². The Labute approximate surface area is 74.2 Å². The Hall–Kier alpha value is -0.550. The molecule has 1 aromatic carbocycles. The van der Waals surface area contributed by atoms with Crippen LogP contribution in [0.4, 0.5) is 0 Å². The summed E-state index contributed by atoms with van der Waals surface area (Å²) in [5.41, 5.74) is 1.30. The molecule has 0 aliphatic rings. The molecule has 1 aromatic rings. The van der Waals surface area contributed by atoms with Gasteiger partial charge in [-0.2, -0.15) is 0 Å². The van der Waals surface area contributed by atoms with Crippen molar-refractivity contribution in [3.63, 3.8) is 0 Å². The molecule has 0 aromatic heterocycles. The van der Waals surface area contributed by atoms with Crippen LogP contribution in [0.1, 0.15) is 12.5 Å². The Balaban J connectivity index is 3.01. The van der Waals surface area contributed by atoms with Gasteiger partial charge in [-0.3, -0.25) is 0 Å². The fourth-order valence-electron chi connectivity index (χ4n) is 1.09. The highest BCUT2D eigenvalue weighted by atomic mass is 31.2. The summed E-state index contributed by atoms with van der Waals surface area (Å²) in [6, 6.07) is 8.04. The second-order valence-electron chi connectivity index (χ2n) is 3.37. The first-order valence-corrected chi connectivity index (χ1v) is 6.78. The van der Waals surface area contributed by atoms with Gasteiger partial charge in [0.05, 0.1) is 0 Å². The lowest BCUT2D eigenvalue weighted by atomic mass is 10.2. The largest absolute Gasteiger partial charge is 0.319 e. The van der Waals surface area contributed by atoms with Crippen LogP contribution in [0.25, 0.3) is 0 Å². The normalized spacial score (nSPS) is 11.6. The molecule has 1 nitrogen and oxygen atoms in total. The molecule has 0 heterocycles. The molecule has 2 heteroatoms. The molecule has 0 atom stereocenters. The number of hydrogen-bond donors (Lipinski definition) is 0. The molecule has 0 unspecified atom stereocenters. The van der Waals surface area contributed by atoms with Crippen molar-refractivity contribution < 1.29 is 4.57 Å². The zero-order valence-corrected chi connectivity index (χ0v) is 8.77. The first-order valence-electron chi connectivity index (χ1n) is 4.18. The van der Waals surface area contributed by atoms with E-state index in [1.807, 2.05) is 12.1 Å². The van der Waals surface area contributed by atoms with Gasteiger partial charge in [-0.1, -0.05) is 31.2 Å². The van der Waals surface area contributed by atoms with Crippen LogP contribution >= 0.6 is 7.14 Å². The lowest BCUT2D eigenvalue weighted by Crippen LogP contribution is -2.01. The molecule has 66 valence electrons. The smallest absolute Gasteiger partial charge is 0.109 e. The molecular weight excluding hydrogens is 167 g/mol. The lowest BCUT2D eigenvalue weighted by Gasteiger charge is -2.06. The average molecular weight is 182 g/mol. The van der Waals surface area contributed by atoms with E-state index >= 15 is 0 Å². The monoisotopic (exact) mass is 182 g/mol. The van der Waals surface area contributed by atoms with Crippen LogP contribution < -0.4 is 5.30 Å². The van der Waals surface area contributed by atoms with Crippen molar-refractivity contribution >= 4 is 12.4 Å². The van der Waals surface area contributed by atoms with Crippen LogP contribution in [-0.4, -0.2) is 13.3 Å². The lowest BCUT2D eigenvalue weighted by molar-refractivity contribution is 0.588. The van der Waals surface area contributed by atoms with Gasteiger partial charge in [0.15, 0.2) is 0 Å². The summed E-state index contributed by atoms with van der Waals surface area (Å²) >= 11 is 0. The summed E-state index contributed by atoms with van der Waals surface area (Å²) in [6.07, 6.45) is 1.04. The molecule has 0 amide bonds. The molecule has 0 bridgehead atoms. The Bertz CT molecular complexity index is 294. The van der Waals surface area contributed by atoms with Crippen molar-refractivity contribution in [2.45, 2.75) is 13.3 Å². The van der Waals surface area contributed by atoms with Crippen LogP contribution in [0.3, 0.4) is 0 Å². The standard InChI is InChI=1S/C10H15OP/c1-4-9-5-7-10(8-6-9)12(2,3)11/h5-8H,4H2,1-3H3. The van der Waals surface area contributed by atoms with Gasteiger partial charge in [-0.05, 0) is 25.3 Å². The van der Waals surface area contributed by atoms with Crippen LogP contribution in [0.2, 0.25) is 0 Å². The Morgan fingerprint density at radius 3 is 2.00 bits per heavy atom. The zero-order valence-electron chi connectivity index (χ0n) is 7.87. The highest BCUT2D eigenvalue weighted by Crippen LogP contribution is 2.34. The molecule has 0 N–H and O–H groups in total. The maximum absolute atomic E-state index is 11.6. The van der Waals surface area contributed by atoms with Gasteiger partial charge < -0.3 is 4.57 Å². The van der Waals surface area contributed by atoms with Crippen molar-refractivity contribution in [2.24, 2.45) is 0 Å². The third kappa shape index (κ3) is 2.22. The summed E-state index contributed by atoms with van der Waals surface area (Å²) in [6.45, 7) is 5.72. The van der Waals surface area contributed by atoms with E-state index < -0.39 is 7.14 Å². The van der Waals surface area contributed by atoms with Gasteiger partial charge in [-0.15, -0.1) is 0 Å². The van der Waals surface area contributed by atoms with E-state index in [1.165, 1.54) is 5.56 Å².